The highest BCUT2D eigenvalue weighted by Gasteiger charge is 2.20. The number of para-hydroxylation sites is 4. The fourth-order valence-electron chi connectivity index (χ4n) is 12.0. The minimum atomic E-state index is -0.417. The monoisotopic (exact) mass is 1170 g/mol. The molecule has 14 rings (SSSR count). The summed E-state index contributed by atoms with van der Waals surface area (Å²) in [5.41, 5.74) is 23.4. The van der Waals surface area contributed by atoms with Crippen molar-refractivity contribution in [2.24, 2.45) is 0 Å². The molecule has 0 amide bonds. The summed E-state index contributed by atoms with van der Waals surface area (Å²) < 4.78 is 11.8. The second kappa shape index (κ2) is 26.9. The van der Waals surface area contributed by atoms with E-state index in [-0.39, 0.29) is 0 Å². The molecule has 0 saturated heterocycles. The Kier molecular flexibility index (Phi) is 16.9. The smallest absolute Gasteiger partial charge is 0.0542 e. The molecule has 432 valence electrons. The van der Waals surface area contributed by atoms with Gasteiger partial charge in [0.2, 0.25) is 0 Å². The van der Waals surface area contributed by atoms with Crippen LogP contribution in [0.2, 0.25) is 0 Å². The summed E-state index contributed by atoms with van der Waals surface area (Å²) in [5, 5.41) is 4.95. The molecule has 0 aliphatic heterocycles. The maximum atomic E-state index is 5.90. The summed E-state index contributed by atoms with van der Waals surface area (Å²) in [5.74, 6) is 0. The van der Waals surface area contributed by atoms with Crippen LogP contribution < -0.4 is 19.6 Å². The SMILES string of the molecule is Cc1cc(N(c2ccccc2)c2ccc(-c3ccc(N(c4ccccc4)c4cc(C)cc5ccccc45)cc3)cc2)c2ccccc2c1.Cc1cccc(N(c2ccccc2)c2ccc(-c3ccc(N(c4ccccc4)c4cccc(C)c4)cc3)cc2)c1.[2H]P[3H]. The standard InChI is InChI=1S/C46H36N2.C38H32N2.H3P/c1-33-29-37-13-9-11-19-43(37)45(31-33)47(39-15-5-3-6-16-39)41-25-21-35(22-26-41)36-23-27-42(28-24-36)48(40-17-7-4-8-18-40)46-32-34(2)30-38-14-10-12-20-44(38)46;1-29-11-9-17-37(27-29)39(33-13-5-3-6-14-33)35-23-19-31(20-24-35)32-21-25-36(26-22-32)40(34-15-7-4-8-16-34)38-18-10-12-30(2)28-38;/h3-32H,1-2H3;3-28H,1-2H3;1H3/i;;1TD. The summed E-state index contributed by atoms with van der Waals surface area (Å²) in [6.45, 7) is 8.62. The van der Waals surface area contributed by atoms with Gasteiger partial charge in [-0.2, -0.15) is 9.79 Å². The first-order valence-electron chi connectivity index (χ1n) is 31.2. The third-order valence-electron chi connectivity index (χ3n) is 16.2. The first kappa shape index (κ1) is 56.1. The summed E-state index contributed by atoms with van der Waals surface area (Å²) in [4.78, 5) is 9.34. The Bertz CT molecular complexity index is 4370. The van der Waals surface area contributed by atoms with Gasteiger partial charge in [0.15, 0.2) is 0 Å². The van der Waals surface area contributed by atoms with Crippen LogP contribution in [-0.4, -0.2) is 2.56 Å². The minimum Gasteiger partial charge on any atom is -0.310 e. The van der Waals surface area contributed by atoms with E-state index in [0.29, 0.717) is 0 Å². The quantitative estimate of drug-likeness (QED) is 0.101. The van der Waals surface area contributed by atoms with E-state index in [9.17, 15) is 0 Å². The molecule has 0 bridgehead atoms. The Labute approximate surface area is 530 Å². The maximum absolute atomic E-state index is 5.90. The highest BCUT2D eigenvalue weighted by molar-refractivity contribution is 6.92. The second-order valence-electron chi connectivity index (χ2n) is 22.6. The van der Waals surface area contributed by atoms with Gasteiger partial charge in [-0.1, -0.05) is 206 Å². The average molecular weight is 1170 g/mol. The zero-order valence-corrected chi connectivity index (χ0v) is 51.6. The molecule has 89 heavy (non-hydrogen) atoms. The van der Waals surface area contributed by atoms with Gasteiger partial charge in [0, 0.05) is 67.6 Å². The molecule has 0 aliphatic rings. The van der Waals surface area contributed by atoms with Crippen molar-refractivity contribution in [3.8, 4) is 22.3 Å². The number of fused-ring (bicyclic) bond motifs is 2. The number of hydrogen-bond acceptors (Lipinski definition) is 4. The van der Waals surface area contributed by atoms with Crippen LogP contribution in [0.3, 0.4) is 0 Å². The first-order chi connectivity index (χ1) is 44.7. The molecule has 0 heterocycles. The summed E-state index contributed by atoms with van der Waals surface area (Å²) >= 11 is 0. The van der Waals surface area contributed by atoms with Gasteiger partial charge in [0.05, 0.1) is 13.9 Å². The second-order valence-corrected chi connectivity index (χ2v) is 22.6. The van der Waals surface area contributed by atoms with Gasteiger partial charge in [0.25, 0.3) is 0 Å². The Balaban J connectivity index is 0.000000171. The molecule has 0 fully saturated rings. The molecule has 14 aromatic rings. The molecule has 4 nitrogen and oxygen atoms in total. The van der Waals surface area contributed by atoms with Gasteiger partial charge in [-0.3, -0.25) is 0 Å². The van der Waals surface area contributed by atoms with Gasteiger partial charge in [-0.25, -0.2) is 0 Å². The van der Waals surface area contributed by atoms with E-state index in [4.69, 9.17) is 2.56 Å². The van der Waals surface area contributed by atoms with E-state index >= 15 is 0 Å². The van der Waals surface area contributed by atoms with Crippen molar-refractivity contribution < 1.29 is 0 Å². The van der Waals surface area contributed by atoms with Gasteiger partial charge < -0.3 is 19.6 Å². The van der Waals surface area contributed by atoms with E-state index in [1.807, 2.05) is 0 Å². The van der Waals surface area contributed by atoms with Gasteiger partial charge in [-0.05, 0) is 216 Å². The Hall–Kier alpha value is -10.8. The van der Waals surface area contributed by atoms with Crippen LogP contribution in [-0.2, 0) is 0 Å². The number of hydrogen-bond donors (Lipinski definition) is 0. The predicted molar refractivity (Wildman–Crippen MR) is 388 cm³/mol. The molecule has 14 aromatic carbocycles. The molecule has 0 radical (unpaired) electrons. The van der Waals surface area contributed by atoms with Crippen LogP contribution in [0.15, 0.2) is 340 Å². The molecule has 0 saturated carbocycles. The molecular formula is C84H71N4P. The van der Waals surface area contributed by atoms with Crippen molar-refractivity contribution in [1.82, 2.24) is 0 Å². The molecule has 5 heteroatoms. The first-order valence-corrected chi connectivity index (χ1v) is 30.2. The topological polar surface area (TPSA) is 13.0 Å². The normalized spacial score (nSPS) is 11.2. The molecule has 0 spiro atoms. The number of nitrogens with zero attached hydrogens (tertiary/aromatic N) is 4. The van der Waals surface area contributed by atoms with E-state index < -0.39 is 9.79 Å². The lowest BCUT2D eigenvalue weighted by Gasteiger charge is -2.28. The molecule has 1 atom stereocenters. The van der Waals surface area contributed by atoms with E-state index in [0.717, 1.165) is 56.9 Å². The highest BCUT2D eigenvalue weighted by Crippen LogP contribution is 2.44. The van der Waals surface area contributed by atoms with Crippen LogP contribution in [0, 0.1) is 27.7 Å². The van der Waals surface area contributed by atoms with Crippen LogP contribution in [0.5, 0.6) is 0 Å². The number of anilines is 12. The third-order valence-corrected chi connectivity index (χ3v) is 16.2. The minimum absolute atomic E-state index is 0.417. The summed E-state index contributed by atoms with van der Waals surface area (Å²) in [6.07, 6.45) is 0. The van der Waals surface area contributed by atoms with Gasteiger partial charge in [0.1, 0.15) is 0 Å². The lowest BCUT2D eigenvalue weighted by atomic mass is 10.0. The summed E-state index contributed by atoms with van der Waals surface area (Å²) in [6, 6.07) is 122. The predicted octanol–water partition coefficient (Wildman–Crippen LogP) is 24.2. The van der Waals surface area contributed by atoms with Crippen LogP contribution in [0.25, 0.3) is 43.8 Å². The van der Waals surface area contributed by atoms with Crippen molar-refractivity contribution in [2.75, 3.05) is 19.6 Å². The summed E-state index contributed by atoms with van der Waals surface area (Å²) in [7, 11) is -0.417. The molecule has 0 N–H and O–H groups in total. The van der Waals surface area contributed by atoms with Crippen LogP contribution >= 0.6 is 9.79 Å². The van der Waals surface area contributed by atoms with Crippen LogP contribution in [0.1, 0.15) is 22.3 Å². The molecular weight excluding hydrogens is 1100 g/mol. The van der Waals surface area contributed by atoms with E-state index in [2.05, 4.69) is 387 Å². The molecule has 0 aliphatic carbocycles. The van der Waals surface area contributed by atoms with Crippen molar-refractivity contribution in [3.63, 3.8) is 0 Å². The van der Waals surface area contributed by atoms with Crippen molar-refractivity contribution in [3.05, 3.63) is 362 Å². The van der Waals surface area contributed by atoms with Crippen molar-refractivity contribution >= 4 is 99.6 Å². The Morgan fingerprint density at radius 3 is 0.787 bits per heavy atom. The van der Waals surface area contributed by atoms with Gasteiger partial charge in [-0.15, -0.1) is 0 Å². The number of benzene rings is 14. The third kappa shape index (κ3) is 13.0. The zero-order chi connectivity index (χ0) is 62.5. The largest absolute Gasteiger partial charge is 0.310 e. The highest BCUT2D eigenvalue weighted by atomic mass is 31.0. The lowest BCUT2D eigenvalue weighted by molar-refractivity contribution is 1.27. The van der Waals surface area contributed by atoms with E-state index in [1.165, 1.54) is 77.4 Å². The van der Waals surface area contributed by atoms with E-state index in [1.54, 1.807) is 0 Å². The molecule has 0 aromatic heterocycles. The fraction of sp³-hybridized carbons (Fsp3) is 0.0476. The fourth-order valence-corrected chi connectivity index (χ4v) is 12.0. The number of aryl methyl sites for hydroxylation is 4. The lowest BCUT2D eigenvalue weighted by Crippen LogP contribution is -2.11. The number of rotatable bonds is 14. The maximum Gasteiger partial charge on any atom is 0.0542 e. The van der Waals surface area contributed by atoms with Gasteiger partial charge >= 0.3 is 0 Å². The van der Waals surface area contributed by atoms with Crippen molar-refractivity contribution in [2.45, 2.75) is 27.7 Å². The zero-order valence-electron chi connectivity index (χ0n) is 52.6. The van der Waals surface area contributed by atoms with Crippen molar-refractivity contribution in [1.29, 1.82) is 2.56 Å². The Morgan fingerprint density at radius 1 is 0.236 bits per heavy atom. The van der Waals surface area contributed by atoms with Crippen LogP contribution in [0.4, 0.5) is 68.2 Å². The average Bonchev–Trinajstić information content (AvgIpc) is 1.09. The molecule has 1 unspecified atom stereocenters. The Morgan fingerprint density at radius 2 is 0.483 bits per heavy atom.